The van der Waals surface area contributed by atoms with Gasteiger partial charge in [0.2, 0.25) is 10.0 Å². The van der Waals surface area contributed by atoms with Gasteiger partial charge in [0.25, 0.3) is 11.8 Å². The quantitative estimate of drug-likeness (QED) is 0.498. The molecule has 1 heterocycles. The van der Waals surface area contributed by atoms with Crippen LogP contribution in [0.3, 0.4) is 0 Å². The maximum atomic E-state index is 12.5. The van der Waals surface area contributed by atoms with E-state index >= 15 is 0 Å². The van der Waals surface area contributed by atoms with Crippen molar-refractivity contribution in [3.05, 3.63) is 64.7 Å². The third-order valence-corrected chi connectivity index (χ3v) is 6.67. The molecule has 2 amide bonds. The maximum Gasteiger partial charge on any atom is 0.259 e. The van der Waals surface area contributed by atoms with Crippen molar-refractivity contribution in [2.45, 2.75) is 17.7 Å². The Balaban J connectivity index is 1.49. The van der Waals surface area contributed by atoms with Gasteiger partial charge in [-0.25, -0.2) is 13.8 Å². The van der Waals surface area contributed by atoms with Crippen LogP contribution in [0.25, 0.3) is 0 Å². The molecule has 3 rings (SSSR count). The molecule has 30 heavy (non-hydrogen) atoms. The van der Waals surface area contributed by atoms with Crippen molar-refractivity contribution in [1.29, 1.82) is 0 Å². The van der Waals surface area contributed by atoms with E-state index in [-0.39, 0.29) is 17.0 Å². The fourth-order valence-corrected chi connectivity index (χ4v) is 4.53. The van der Waals surface area contributed by atoms with Crippen LogP contribution in [-0.2, 0) is 14.8 Å². The van der Waals surface area contributed by atoms with Crippen molar-refractivity contribution in [3.63, 3.8) is 0 Å². The van der Waals surface area contributed by atoms with Crippen molar-refractivity contribution >= 4 is 39.7 Å². The van der Waals surface area contributed by atoms with E-state index in [1.807, 2.05) is 0 Å². The molecule has 1 saturated heterocycles. The van der Waals surface area contributed by atoms with Gasteiger partial charge in [-0.05, 0) is 54.8 Å². The molecule has 8 nitrogen and oxygen atoms in total. The van der Waals surface area contributed by atoms with Crippen molar-refractivity contribution in [2.75, 3.05) is 19.6 Å². The molecule has 0 saturated carbocycles. The lowest BCUT2D eigenvalue weighted by Crippen LogP contribution is -2.35. The highest BCUT2D eigenvalue weighted by atomic mass is 35.5. The van der Waals surface area contributed by atoms with Gasteiger partial charge >= 0.3 is 0 Å². The number of carbonyl (C=O) groups excluding carboxylic acids is 2. The van der Waals surface area contributed by atoms with Crippen LogP contribution in [0.5, 0.6) is 0 Å². The first-order chi connectivity index (χ1) is 14.4. The summed E-state index contributed by atoms with van der Waals surface area (Å²) in [6.07, 6.45) is 3.16. The van der Waals surface area contributed by atoms with Crippen LogP contribution in [0.4, 0.5) is 0 Å². The average Bonchev–Trinajstić information content (AvgIpc) is 3.29. The molecule has 2 aromatic rings. The molecule has 0 spiro atoms. The smallest absolute Gasteiger partial charge is 0.259 e. The third-order valence-electron chi connectivity index (χ3n) is 4.50. The summed E-state index contributed by atoms with van der Waals surface area (Å²) in [6, 6.07) is 12.5. The number of hydrazone groups is 1. The summed E-state index contributed by atoms with van der Waals surface area (Å²) < 4.78 is 26.4. The minimum atomic E-state index is -3.53. The minimum absolute atomic E-state index is 0.148. The fourth-order valence-electron chi connectivity index (χ4n) is 2.89. The molecule has 2 aromatic carbocycles. The number of nitrogens with zero attached hydrogens (tertiary/aromatic N) is 2. The monoisotopic (exact) mass is 448 g/mol. The molecular weight excluding hydrogens is 428 g/mol. The Kier molecular flexibility index (Phi) is 7.20. The number of halogens is 1. The van der Waals surface area contributed by atoms with Crippen molar-refractivity contribution in [1.82, 2.24) is 15.0 Å². The Bertz CT molecular complexity index is 1030. The highest BCUT2D eigenvalue weighted by Gasteiger charge is 2.27. The summed E-state index contributed by atoms with van der Waals surface area (Å²) in [7, 11) is -3.53. The molecule has 0 atom stereocenters. The van der Waals surface area contributed by atoms with E-state index in [1.165, 1.54) is 34.8 Å². The van der Waals surface area contributed by atoms with Crippen molar-refractivity contribution < 1.29 is 18.0 Å². The second kappa shape index (κ2) is 9.84. The molecule has 0 aliphatic carbocycles. The molecule has 2 N–H and O–H groups in total. The number of carbonyl (C=O) groups is 2. The number of hydrogen-bond donors (Lipinski definition) is 2. The molecule has 1 fully saturated rings. The molecule has 1 aliphatic rings. The van der Waals surface area contributed by atoms with Crippen LogP contribution in [0.15, 0.2) is 58.5 Å². The standard InChI is InChI=1S/C20H21ClN4O4S/c21-17-7-3-15(4-8-17)13-23-24-19(26)14-22-20(27)16-5-9-18(10-6-16)30(28,29)25-11-1-2-12-25/h3-10,13H,1-2,11-12,14H2,(H,22,27)(H,24,26)/b23-13+. The van der Waals surface area contributed by atoms with E-state index in [4.69, 9.17) is 11.6 Å². The Morgan fingerprint density at radius 1 is 1.03 bits per heavy atom. The maximum absolute atomic E-state index is 12.5. The lowest BCUT2D eigenvalue weighted by Gasteiger charge is -2.15. The van der Waals surface area contributed by atoms with Gasteiger partial charge in [-0.3, -0.25) is 9.59 Å². The van der Waals surface area contributed by atoms with Gasteiger partial charge in [-0.15, -0.1) is 0 Å². The summed E-state index contributed by atoms with van der Waals surface area (Å²) in [6.45, 7) is 0.755. The van der Waals surface area contributed by atoms with Gasteiger partial charge in [0.15, 0.2) is 0 Å². The zero-order chi connectivity index (χ0) is 21.6. The van der Waals surface area contributed by atoms with Crippen LogP contribution in [0.1, 0.15) is 28.8 Å². The molecule has 0 unspecified atom stereocenters. The predicted octanol–water partition coefficient (Wildman–Crippen LogP) is 2.00. The first-order valence-corrected chi connectivity index (χ1v) is 11.1. The number of hydrogen-bond acceptors (Lipinski definition) is 5. The number of benzene rings is 2. The van der Waals surface area contributed by atoms with Crippen LogP contribution >= 0.6 is 11.6 Å². The molecule has 0 radical (unpaired) electrons. The highest BCUT2D eigenvalue weighted by Crippen LogP contribution is 2.21. The number of rotatable bonds is 7. The SMILES string of the molecule is O=C(CNC(=O)c1ccc(S(=O)(=O)N2CCCC2)cc1)N/N=C/c1ccc(Cl)cc1. The normalized spacial score (nSPS) is 14.7. The minimum Gasteiger partial charge on any atom is -0.343 e. The summed E-state index contributed by atoms with van der Waals surface area (Å²) in [5.41, 5.74) is 3.33. The molecule has 0 bridgehead atoms. The van der Waals surface area contributed by atoms with Gasteiger partial charge in [-0.1, -0.05) is 23.7 Å². The zero-order valence-corrected chi connectivity index (χ0v) is 17.6. The molecule has 0 aromatic heterocycles. The van der Waals surface area contributed by atoms with E-state index in [2.05, 4.69) is 15.8 Å². The Morgan fingerprint density at radius 2 is 1.67 bits per heavy atom. The van der Waals surface area contributed by atoms with Gasteiger partial charge in [0.05, 0.1) is 17.7 Å². The van der Waals surface area contributed by atoms with Gasteiger partial charge in [0.1, 0.15) is 0 Å². The Morgan fingerprint density at radius 3 is 2.30 bits per heavy atom. The molecule has 1 aliphatic heterocycles. The summed E-state index contributed by atoms with van der Waals surface area (Å²) in [5, 5.41) is 6.87. The highest BCUT2D eigenvalue weighted by molar-refractivity contribution is 7.89. The summed E-state index contributed by atoms with van der Waals surface area (Å²) in [5.74, 6) is -0.987. The van der Waals surface area contributed by atoms with E-state index in [1.54, 1.807) is 24.3 Å². The molecule has 158 valence electrons. The number of amides is 2. The van der Waals surface area contributed by atoms with E-state index in [0.29, 0.717) is 18.1 Å². The Labute approximate surface area is 180 Å². The van der Waals surface area contributed by atoms with Crippen LogP contribution < -0.4 is 10.7 Å². The fraction of sp³-hybridized carbons (Fsp3) is 0.250. The largest absolute Gasteiger partial charge is 0.343 e. The Hall–Kier alpha value is -2.75. The number of nitrogens with one attached hydrogen (secondary N) is 2. The first-order valence-electron chi connectivity index (χ1n) is 9.32. The van der Waals surface area contributed by atoms with Crippen LogP contribution in [-0.4, -0.2) is 50.4 Å². The second-order valence-electron chi connectivity index (χ2n) is 6.66. The van der Waals surface area contributed by atoms with Crippen LogP contribution in [0, 0.1) is 0 Å². The molecule has 10 heteroatoms. The van der Waals surface area contributed by atoms with Gasteiger partial charge < -0.3 is 5.32 Å². The molecular formula is C20H21ClN4O4S. The zero-order valence-electron chi connectivity index (χ0n) is 16.0. The summed E-state index contributed by atoms with van der Waals surface area (Å²) in [4.78, 5) is 24.2. The lowest BCUT2D eigenvalue weighted by atomic mass is 10.2. The van der Waals surface area contributed by atoms with Gasteiger partial charge in [0, 0.05) is 23.7 Å². The lowest BCUT2D eigenvalue weighted by molar-refractivity contribution is -0.120. The van der Waals surface area contributed by atoms with E-state index in [9.17, 15) is 18.0 Å². The van der Waals surface area contributed by atoms with Crippen molar-refractivity contribution in [3.8, 4) is 0 Å². The van der Waals surface area contributed by atoms with E-state index in [0.717, 1.165) is 18.4 Å². The summed E-state index contributed by atoms with van der Waals surface area (Å²) >= 11 is 5.79. The van der Waals surface area contributed by atoms with Crippen LogP contribution in [0.2, 0.25) is 5.02 Å². The van der Waals surface area contributed by atoms with Crippen molar-refractivity contribution in [2.24, 2.45) is 5.10 Å². The topological polar surface area (TPSA) is 108 Å². The predicted molar refractivity (Wildman–Crippen MR) is 114 cm³/mol. The average molecular weight is 449 g/mol. The van der Waals surface area contributed by atoms with Gasteiger partial charge in [-0.2, -0.15) is 9.41 Å². The van der Waals surface area contributed by atoms with E-state index < -0.39 is 21.8 Å². The number of sulfonamides is 1. The first kappa shape index (κ1) is 21.9. The second-order valence-corrected chi connectivity index (χ2v) is 9.04. The third kappa shape index (κ3) is 5.65.